The lowest BCUT2D eigenvalue weighted by atomic mass is 9.93. The Morgan fingerprint density at radius 3 is 2.67 bits per heavy atom. The Hall–Kier alpha value is -2.00. The van der Waals surface area contributed by atoms with Crippen LogP contribution in [0.25, 0.3) is 0 Å². The zero-order valence-corrected chi connectivity index (χ0v) is 17.8. The molecule has 0 spiro atoms. The minimum Gasteiger partial charge on any atom is -0.493 e. The van der Waals surface area contributed by atoms with Gasteiger partial charge in [0.05, 0.1) is 13.2 Å². The van der Waals surface area contributed by atoms with E-state index in [0.717, 1.165) is 43.7 Å². The molecule has 0 radical (unpaired) electrons. The van der Waals surface area contributed by atoms with Crippen LogP contribution in [-0.2, 0) is 4.74 Å². The predicted octanol–water partition coefficient (Wildman–Crippen LogP) is 3.75. The summed E-state index contributed by atoms with van der Waals surface area (Å²) in [6, 6.07) is 7.66. The van der Waals surface area contributed by atoms with Crippen molar-refractivity contribution in [1.29, 1.82) is 0 Å². The molecule has 0 bridgehead atoms. The van der Waals surface area contributed by atoms with Gasteiger partial charge in [0, 0.05) is 45.5 Å². The third-order valence-corrected chi connectivity index (χ3v) is 5.04. The predicted molar refractivity (Wildman–Crippen MR) is 113 cm³/mol. The number of benzene rings is 1. The van der Waals surface area contributed by atoms with E-state index < -0.39 is 12.7 Å². The zero-order chi connectivity index (χ0) is 21.8. The minimum absolute atomic E-state index is 0.434. The number of likely N-dealkylation sites (tertiary alicyclic amines) is 1. The number of piperidine rings is 1. The van der Waals surface area contributed by atoms with Gasteiger partial charge in [0.1, 0.15) is 5.75 Å². The maximum absolute atomic E-state index is 12.5. The Morgan fingerprint density at radius 2 is 2.00 bits per heavy atom. The third-order valence-electron chi connectivity index (χ3n) is 5.04. The van der Waals surface area contributed by atoms with Crippen molar-refractivity contribution in [2.75, 3.05) is 58.9 Å². The molecule has 0 unspecified atom stereocenters. The summed E-state index contributed by atoms with van der Waals surface area (Å²) < 4.78 is 48.2. The summed E-state index contributed by atoms with van der Waals surface area (Å²) >= 11 is 0. The minimum atomic E-state index is -4.11. The second kappa shape index (κ2) is 12.6. The highest BCUT2D eigenvalue weighted by molar-refractivity contribution is 5.93. The summed E-state index contributed by atoms with van der Waals surface area (Å²) in [5.74, 6) is 1.86. The molecule has 2 N–H and O–H groups in total. The molecule has 9 heteroatoms. The summed E-state index contributed by atoms with van der Waals surface area (Å²) in [7, 11) is 3.37. The molecule has 1 aromatic carbocycles. The van der Waals surface area contributed by atoms with Gasteiger partial charge in [-0.25, -0.2) is 0 Å². The quantitative estimate of drug-likeness (QED) is 0.336. The number of methoxy groups -OCH3 is 1. The average molecular weight is 431 g/mol. The molecule has 1 heterocycles. The standard InChI is InChI=1S/C21H33F3N4O2/c1-25-20(27-18-5-3-6-19(15-18)30-14-4-13-29-2)26-10-7-17-8-11-28(12-9-17)16-21(22,23)24/h3,5-6,15,17H,4,7-14,16H2,1-2H3,(H2,25,26,27). The van der Waals surface area contributed by atoms with Crippen LogP contribution >= 0.6 is 0 Å². The van der Waals surface area contributed by atoms with Crippen molar-refractivity contribution in [2.45, 2.75) is 31.9 Å². The second-order valence-corrected chi connectivity index (χ2v) is 7.47. The maximum Gasteiger partial charge on any atom is 0.401 e. The molecule has 0 saturated carbocycles. The highest BCUT2D eigenvalue weighted by Gasteiger charge is 2.32. The molecule has 1 aliphatic rings. The number of hydrogen-bond acceptors (Lipinski definition) is 4. The van der Waals surface area contributed by atoms with Crippen molar-refractivity contribution >= 4 is 11.6 Å². The van der Waals surface area contributed by atoms with Gasteiger partial charge in [-0.15, -0.1) is 0 Å². The van der Waals surface area contributed by atoms with Gasteiger partial charge < -0.3 is 20.1 Å². The number of ether oxygens (including phenoxy) is 2. The van der Waals surface area contributed by atoms with E-state index in [1.807, 2.05) is 24.3 Å². The van der Waals surface area contributed by atoms with Gasteiger partial charge in [0.2, 0.25) is 0 Å². The fourth-order valence-electron chi connectivity index (χ4n) is 3.45. The number of nitrogens with zero attached hydrogens (tertiary/aromatic N) is 2. The fraction of sp³-hybridized carbons (Fsp3) is 0.667. The van der Waals surface area contributed by atoms with Crippen LogP contribution in [0.4, 0.5) is 18.9 Å². The average Bonchev–Trinajstić information content (AvgIpc) is 2.71. The molecule has 1 fully saturated rings. The molecule has 1 saturated heterocycles. The lowest BCUT2D eigenvalue weighted by Gasteiger charge is -2.32. The summed E-state index contributed by atoms with van der Waals surface area (Å²) in [5, 5.41) is 6.52. The lowest BCUT2D eigenvalue weighted by Crippen LogP contribution is -2.40. The van der Waals surface area contributed by atoms with Gasteiger partial charge in [0.15, 0.2) is 5.96 Å². The SMILES string of the molecule is CN=C(NCCC1CCN(CC(F)(F)F)CC1)Nc1cccc(OCCCOC)c1. The Labute approximate surface area is 176 Å². The van der Waals surface area contributed by atoms with Crippen molar-refractivity contribution in [3.63, 3.8) is 0 Å². The first-order chi connectivity index (χ1) is 14.4. The van der Waals surface area contributed by atoms with Gasteiger partial charge in [-0.2, -0.15) is 13.2 Å². The molecule has 30 heavy (non-hydrogen) atoms. The van der Waals surface area contributed by atoms with Crippen molar-refractivity contribution < 1.29 is 22.6 Å². The van der Waals surface area contributed by atoms with E-state index in [2.05, 4.69) is 15.6 Å². The van der Waals surface area contributed by atoms with Gasteiger partial charge >= 0.3 is 6.18 Å². The molecule has 0 aliphatic carbocycles. The van der Waals surface area contributed by atoms with Crippen LogP contribution in [0, 0.1) is 5.92 Å². The molecular formula is C21H33F3N4O2. The number of hydrogen-bond donors (Lipinski definition) is 2. The van der Waals surface area contributed by atoms with Crippen molar-refractivity contribution in [2.24, 2.45) is 10.9 Å². The van der Waals surface area contributed by atoms with E-state index in [4.69, 9.17) is 9.47 Å². The molecule has 1 aromatic rings. The number of nitrogens with one attached hydrogen (secondary N) is 2. The largest absolute Gasteiger partial charge is 0.493 e. The second-order valence-electron chi connectivity index (χ2n) is 7.47. The van der Waals surface area contributed by atoms with Gasteiger partial charge in [-0.05, 0) is 50.4 Å². The van der Waals surface area contributed by atoms with Crippen LogP contribution in [0.15, 0.2) is 29.3 Å². The number of guanidine groups is 1. The molecular weight excluding hydrogens is 397 g/mol. The molecule has 1 aliphatic heterocycles. The smallest absolute Gasteiger partial charge is 0.401 e. The first kappa shape index (κ1) is 24.3. The summed E-state index contributed by atoms with van der Waals surface area (Å²) in [6.45, 7) is 2.19. The van der Waals surface area contributed by atoms with Crippen LogP contribution in [-0.4, -0.2) is 70.6 Å². The summed E-state index contributed by atoms with van der Waals surface area (Å²) in [4.78, 5) is 5.73. The van der Waals surface area contributed by atoms with Crippen LogP contribution in [0.1, 0.15) is 25.7 Å². The first-order valence-corrected chi connectivity index (χ1v) is 10.4. The molecule has 0 atom stereocenters. The number of halogens is 3. The fourth-order valence-corrected chi connectivity index (χ4v) is 3.45. The van der Waals surface area contributed by atoms with Crippen molar-refractivity contribution in [3.05, 3.63) is 24.3 Å². The molecule has 170 valence electrons. The van der Waals surface area contributed by atoms with Crippen molar-refractivity contribution in [1.82, 2.24) is 10.2 Å². The summed E-state index contributed by atoms with van der Waals surface area (Å²) in [5.41, 5.74) is 0.868. The van der Waals surface area contributed by atoms with Crippen LogP contribution in [0.2, 0.25) is 0 Å². The highest BCUT2D eigenvalue weighted by Crippen LogP contribution is 2.24. The van der Waals surface area contributed by atoms with Crippen molar-refractivity contribution in [3.8, 4) is 5.75 Å². The molecule has 2 rings (SSSR count). The van der Waals surface area contributed by atoms with E-state index in [9.17, 15) is 13.2 Å². The van der Waals surface area contributed by atoms with E-state index >= 15 is 0 Å². The molecule has 0 amide bonds. The van der Waals surface area contributed by atoms with Crippen LogP contribution in [0.3, 0.4) is 0 Å². The molecule has 6 nitrogen and oxygen atoms in total. The topological polar surface area (TPSA) is 58.1 Å². The first-order valence-electron chi connectivity index (χ1n) is 10.4. The molecule has 0 aromatic heterocycles. The number of rotatable bonds is 10. The Bertz CT molecular complexity index is 647. The Balaban J connectivity index is 1.69. The van der Waals surface area contributed by atoms with Gasteiger partial charge in [0.25, 0.3) is 0 Å². The number of anilines is 1. The number of alkyl halides is 3. The third kappa shape index (κ3) is 9.67. The summed E-state index contributed by atoms with van der Waals surface area (Å²) in [6.07, 6.45) is -0.785. The van der Waals surface area contributed by atoms with Crippen LogP contribution < -0.4 is 15.4 Å². The van der Waals surface area contributed by atoms with Crippen LogP contribution in [0.5, 0.6) is 5.75 Å². The monoisotopic (exact) mass is 430 g/mol. The highest BCUT2D eigenvalue weighted by atomic mass is 19.4. The Kier molecular flexibility index (Phi) is 10.2. The maximum atomic E-state index is 12.5. The zero-order valence-electron chi connectivity index (χ0n) is 17.8. The van der Waals surface area contributed by atoms with Gasteiger partial charge in [-0.1, -0.05) is 6.07 Å². The Morgan fingerprint density at radius 1 is 1.23 bits per heavy atom. The number of aliphatic imine (C=N–C) groups is 1. The van der Waals surface area contributed by atoms with Gasteiger partial charge in [-0.3, -0.25) is 9.89 Å². The van der Waals surface area contributed by atoms with E-state index in [0.29, 0.717) is 38.2 Å². The van der Waals surface area contributed by atoms with E-state index in [1.165, 1.54) is 4.90 Å². The normalized spacial score (nSPS) is 16.5. The van der Waals surface area contributed by atoms with E-state index in [-0.39, 0.29) is 0 Å². The lowest BCUT2D eigenvalue weighted by molar-refractivity contribution is -0.148. The van der Waals surface area contributed by atoms with E-state index in [1.54, 1.807) is 14.2 Å².